The number of carbonyl (C=O) groups is 1. The van der Waals surface area contributed by atoms with Crippen molar-refractivity contribution in [1.82, 2.24) is 4.72 Å². The van der Waals surface area contributed by atoms with Crippen LogP contribution in [0.15, 0.2) is 41.3 Å². The van der Waals surface area contributed by atoms with Crippen LogP contribution in [0.3, 0.4) is 0 Å². The quantitative estimate of drug-likeness (QED) is 0.536. The first kappa shape index (κ1) is 21.3. The number of hydrogen-bond donors (Lipinski definition) is 2. The second kappa shape index (κ2) is 8.36. The summed E-state index contributed by atoms with van der Waals surface area (Å²) in [5.41, 5.74) is 1.31. The number of sulfonamides is 1. The second-order valence-electron chi connectivity index (χ2n) is 6.22. The second-order valence-corrected chi connectivity index (χ2v) is 7.93. The van der Waals surface area contributed by atoms with Crippen molar-refractivity contribution in [3.63, 3.8) is 0 Å². The summed E-state index contributed by atoms with van der Waals surface area (Å²) in [6, 6.07) is 7.29. The number of anilines is 1. The van der Waals surface area contributed by atoms with E-state index in [1.165, 1.54) is 50.4 Å². The van der Waals surface area contributed by atoms with Crippen molar-refractivity contribution in [3.05, 3.63) is 57.6 Å². The highest BCUT2D eigenvalue weighted by Crippen LogP contribution is 2.23. The number of rotatable bonds is 7. The van der Waals surface area contributed by atoms with Crippen LogP contribution in [0.25, 0.3) is 0 Å². The van der Waals surface area contributed by atoms with Gasteiger partial charge in [-0.25, -0.2) is 8.42 Å². The number of nitrogens with zero attached hydrogens (tertiary/aromatic N) is 1. The van der Waals surface area contributed by atoms with Crippen LogP contribution in [-0.2, 0) is 14.8 Å². The zero-order valence-electron chi connectivity index (χ0n) is 15.8. The summed E-state index contributed by atoms with van der Waals surface area (Å²) in [6.45, 7) is 4.77. The number of aryl methyl sites for hydroxylation is 2. The summed E-state index contributed by atoms with van der Waals surface area (Å²) in [4.78, 5) is 22.7. The largest absolute Gasteiger partial charge is 0.496 e. The lowest BCUT2D eigenvalue weighted by atomic mass is 10.1. The molecule has 0 saturated carbocycles. The molecule has 2 N–H and O–H groups in total. The number of nitro groups is 1. The molecule has 0 radical (unpaired) electrons. The van der Waals surface area contributed by atoms with Gasteiger partial charge in [0.15, 0.2) is 0 Å². The molecule has 1 amide bonds. The third-order valence-corrected chi connectivity index (χ3v) is 5.63. The van der Waals surface area contributed by atoms with Gasteiger partial charge in [-0.1, -0.05) is 6.07 Å². The molecule has 0 aliphatic rings. The number of non-ortho nitro benzene ring substituents is 1. The van der Waals surface area contributed by atoms with E-state index in [1.807, 2.05) is 0 Å². The molecule has 0 saturated heterocycles. The van der Waals surface area contributed by atoms with Gasteiger partial charge in [0.2, 0.25) is 15.9 Å². The molecular formula is C18H21N3O6S. The van der Waals surface area contributed by atoms with Crippen LogP contribution in [-0.4, -0.2) is 32.4 Å². The Morgan fingerprint density at radius 2 is 1.82 bits per heavy atom. The Hall–Kier alpha value is -2.98. The predicted octanol–water partition coefficient (Wildman–Crippen LogP) is 2.53. The number of benzene rings is 2. The van der Waals surface area contributed by atoms with Crippen molar-refractivity contribution in [2.45, 2.75) is 31.7 Å². The molecule has 0 aromatic heterocycles. The first-order chi connectivity index (χ1) is 13.0. The average molecular weight is 407 g/mol. The molecule has 0 bridgehead atoms. The minimum Gasteiger partial charge on any atom is -0.496 e. The van der Waals surface area contributed by atoms with Gasteiger partial charge in [0, 0.05) is 12.1 Å². The van der Waals surface area contributed by atoms with E-state index < -0.39 is 26.9 Å². The van der Waals surface area contributed by atoms with E-state index in [4.69, 9.17) is 4.74 Å². The molecule has 9 nitrogen and oxygen atoms in total. The normalized spacial score (nSPS) is 12.3. The van der Waals surface area contributed by atoms with Crippen molar-refractivity contribution in [2.75, 3.05) is 12.4 Å². The third kappa shape index (κ3) is 4.84. The maximum atomic E-state index is 12.5. The molecule has 10 heteroatoms. The minimum atomic E-state index is -3.95. The van der Waals surface area contributed by atoms with Gasteiger partial charge in [-0.15, -0.1) is 0 Å². The van der Waals surface area contributed by atoms with E-state index in [0.29, 0.717) is 16.9 Å². The Morgan fingerprint density at radius 3 is 2.39 bits per heavy atom. The van der Waals surface area contributed by atoms with Crippen LogP contribution in [0.2, 0.25) is 0 Å². The monoisotopic (exact) mass is 407 g/mol. The lowest BCUT2D eigenvalue weighted by Gasteiger charge is -2.16. The molecule has 150 valence electrons. The Bertz CT molecular complexity index is 1020. The molecule has 2 aromatic carbocycles. The highest BCUT2D eigenvalue weighted by atomic mass is 32.2. The van der Waals surface area contributed by atoms with Crippen molar-refractivity contribution in [1.29, 1.82) is 0 Å². The van der Waals surface area contributed by atoms with E-state index in [1.54, 1.807) is 13.8 Å². The van der Waals surface area contributed by atoms with Gasteiger partial charge in [0.1, 0.15) is 5.75 Å². The molecular weight excluding hydrogens is 386 g/mol. The van der Waals surface area contributed by atoms with E-state index in [0.717, 1.165) is 0 Å². The molecule has 0 aliphatic heterocycles. The van der Waals surface area contributed by atoms with Gasteiger partial charge in [0.05, 0.1) is 28.7 Å². The Balaban J connectivity index is 2.16. The molecule has 0 unspecified atom stereocenters. The lowest BCUT2D eigenvalue weighted by Crippen LogP contribution is -2.41. The van der Waals surface area contributed by atoms with E-state index >= 15 is 0 Å². The topological polar surface area (TPSA) is 128 Å². The van der Waals surface area contributed by atoms with Crippen molar-refractivity contribution >= 4 is 27.3 Å². The number of nitro benzene ring substituents is 1. The van der Waals surface area contributed by atoms with Crippen LogP contribution >= 0.6 is 0 Å². The third-order valence-electron chi connectivity index (χ3n) is 4.09. The molecule has 0 aliphatic carbocycles. The molecule has 0 fully saturated rings. The number of amides is 1. The smallest absolute Gasteiger partial charge is 0.271 e. The first-order valence-electron chi connectivity index (χ1n) is 8.28. The summed E-state index contributed by atoms with van der Waals surface area (Å²) in [5.74, 6) is -0.0942. The average Bonchev–Trinajstić information content (AvgIpc) is 2.62. The van der Waals surface area contributed by atoms with Crippen LogP contribution in [0.4, 0.5) is 11.4 Å². The SMILES string of the molecule is COc1ccc(S(=O)(=O)N[C@H](C)C(=O)Nc2cc([N+](=O)[O-])ccc2C)cc1C. The Kier molecular flexibility index (Phi) is 6.37. The lowest BCUT2D eigenvalue weighted by molar-refractivity contribution is -0.384. The summed E-state index contributed by atoms with van der Waals surface area (Å²) < 4.78 is 32.5. The highest BCUT2D eigenvalue weighted by molar-refractivity contribution is 7.89. The standard InChI is InChI=1S/C18H21N3O6S/c1-11-5-6-14(21(23)24)10-16(11)19-18(22)13(3)20-28(25,26)15-7-8-17(27-4)12(2)9-15/h5-10,13,20H,1-4H3,(H,19,22)/t13-/m1/s1. The molecule has 2 aromatic rings. The molecule has 2 rings (SSSR count). The zero-order chi connectivity index (χ0) is 21.1. The Morgan fingerprint density at radius 1 is 1.14 bits per heavy atom. The zero-order valence-corrected chi connectivity index (χ0v) is 16.7. The number of carbonyl (C=O) groups excluding carboxylic acids is 1. The summed E-state index contributed by atoms with van der Waals surface area (Å²) in [6.07, 6.45) is 0. The van der Waals surface area contributed by atoms with Crippen LogP contribution in [0.5, 0.6) is 5.75 Å². The van der Waals surface area contributed by atoms with Gasteiger partial charge in [-0.3, -0.25) is 14.9 Å². The van der Waals surface area contributed by atoms with Gasteiger partial charge < -0.3 is 10.1 Å². The van der Waals surface area contributed by atoms with Gasteiger partial charge in [-0.05, 0) is 50.1 Å². The summed E-state index contributed by atoms with van der Waals surface area (Å²) in [7, 11) is -2.47. The Labute approximate surface area is 162 Å². The maximum Gasteiger partial charge on any atom is 0.271 e. The number of methoxy groups -OCH3 is 1. The van der Waals surface area contributed by atoms with Gasteiger partial charge in [-0.2, -0.15) is 4.72 Å². The fraction of sp³-hybridized carbons (Fsp3) is 0.278. The summed E-state index contributed by atoms with van der Waals surface area (Å²) >= 11 is 0. The van der Waals surface area contributed by atoms with Crippen molar-refractivity contribution in [3.8, 4) is 5.75 Å². The van der Waals surface area contributed by atoms with E-state index in [9.17, 15) is 23.3 Å². The van der Waals surface area contributed by atoms with Crippen LogP contribution < -0.4 is 14.8 Å². The molecule has 1 atom stereocenters. The number of ether oxygens (including phenoxy) is 1. The first-order valence-corrected chi connectivity index (χ1v) is 9.76. The maximum absolute atomic E-state index is 12.5. The molecule has 28 heavy (non-hydrogen) atoms. The van der Waals surface area contributed by atoms with E-state index in [2.05, 4.69) is 10.0 Å². The summed E-state index contributed by atoms with van der Waals surface area (Å²) in [5, 5.41) is 13.4. The molecule has 0 spiro atoms. The van der Waals surface area contributed by atoms with E-state index in [-0.39, 0.29) is 16.3 Å². The minimum absolute atomic E-state index is 0.00280. The van der Waals surface area contributed by atoms with Crippen molar-refractivity contribution in [2.24, 2.45) is 0 Å². The number of nitrogens with one attached hydrogen (secondary N) is 2. The van der Waals surface area contributed by atoms with Crippen molar-refractivity contribution < 1.29 is 22.9 Å². The molecule has 0 heterocycles. The van der Waals surface area contributed by atoms with Gasteiger partial charge >= 0.3 is 0 Å². The number of hydrogen-bond acceptors (Lipinski definition) is 6. The van der Waals surface area contributed by atoms with Crippen LogP contribution in [0, 0.1) is 24.0 Å². The van der Waals surface area contributed by atoms with Gasteiger partial charge in [0.25, 0.3) is 5.69 Å². The fourth-order valence-corrected chi connectivity index (χ4v) is 3.76. The fourth-order valence-electron chi connectivity index (χ4n) is 2.47. The highest BCUT2D eigenvalue weighted by Gasteiger charge is 2.23. The van der Waals surface area contributed by atoms with Crippen LogP contribution in [0.1, 0.15) is 18.1 Å². The predicted molar refractivity (Wildman–Crippen MR) is 104 cm³/mol.